The molecule has 2 aromatic heterocycles. The van der Waals surface area contributed by atoms with Gasteiger partial charge >= 0.3 is 0 Å². The Hall–Kier alpha value is -2.27. The summed E-state index contributed by atoms with van der Waals surface area (Å²) < 4.78 is 0. The van der Waals surface area contributed by atoms with Gasteiger partial charge in [0.2, 0.25) is 0 Å². The van der Waals surface area contributed by atoms with Gasteiger partial charge in [-0.1, -0.05) is 0 Å². The number of aryl methyl sites for hydroxylation is 1. The van der Waals surface area contributed by atoms with E-state index in [9.17, 15) is 4.79 Å². The third-order valence-electron chi connectivity index (χ3n) is 2.70. The highest BCUT2D eigenvalue weighted by atomic mass is 16.1. The van der Waals surface area contributed by atoms with Gasteiger partial charge in [-0.3, -0.25) is 9.78 Å². The Balaban J connectivity index is 2.48. The van der Waals surface area contributed by atoms with Crippen molar-refractivity contribution in [2.24, 2.45) is 5.73 Å². The Bertz CT molecular complexity index is 575. The van der Waals surface area contributed by atoms with E-state index in [2.05, 4.69) is 9.97 Å². The van der Waals surface area contributed by atoms with Crippen molar-refractivity contribution in [2.75, 3.05) is 5.73 Å². The maximum atomic E-state index is 12.4. The molecule has 0 aromatic carbocycles. The van der Waals surface area contributed by atoms with Crippen LogP contribution in [0, 0.1) is 6.92 Å². The van der Waals surface area contributed by atoms with Gasteiger partial charge < -0.3 is 11.5 Å². The van der Waals surface area contributed by atoms with Crippen LogP contribution in [-0.2, 0) is 6.54 Å². The summed E-state index contributed by atoms with van der Waals surface area (Å²) in [6.07, 6.45) is 3.15. The number of pyridine rings is 2. The van der Waals surface area contributed by atoms with Gasteiger partial charge in [-0.15, -0.1) is 0 Å². The second kappa shape index (κ2) is 4.93. The lowest BCUT2D eigenvalue weighted by atomic mass is 10.0. The van der Waals surface area contributed by atoms with Crippen LogP contribution in [0.15, 0.2) is 30.6 Å². The van der Waals surface area contributed by atoms with Gasteiger partial charge in [0.15, 0.2) is 5.78 Å². The fraction of sp³-hybridized carbons (Fsp3) is 0.154. The third-order valence-corrected chi connectivity index (χ3v) is 2.70. The maximum Gasteiger partial charge on any atom is 0.197 e. The molecule has 0 radical (unpaired) electrons. The second-order valence-electron chi connectivity index (χ2n) is 3.96. The average molecular weight is 242 g/mol. The lowest BCUT2D eigenvalue weighted by Crippen LogP contribution is -2.10. The van der Waals surface area contributed by atoms with E-state index in [0.717, 1.165) is 5.56 Å². The predicted octanol–water partition coefficient (Wildman–Crippen LogP) is 1.06. The van der Waals surface area contributed by atoms with Crippen molar-refractivity contribution in [3.05, 3.63) is 53.0 Å². The molecule has 0 fully saturated rings. The van der Waals surface area contributed by atoms with Crippen molar-refractivity contribution in [3.63, 3.8) is 0 Å². The van der Waals surface area contributed by atoms with Gasteiger partial charge in [0.25, 0.3) is 0 Å². The van der Waals surface area contributed by atoms with Gasteiger partial charge in [-0.2, -0.15) is 0 Å². The summed E-state index contributed by atoms with van der Waals surface area (Å²) in [5.74, 6) is 0.0845. The quantitative estimate of drug-likeness (QED) is 0.784. The molecule has 2 heterocycles. The molecule has 4 N–H and O–H groups in total. The Labute approximate surface area is 105 Å². The molecule has 18 heavy (non-hydrogen) atoms. The molecule has 0 saturated carbocycles. The number of hydrogen-bond donors (Lipinski definition) is 2. The fourth-order valence-corrected chi connectivity index (χ4v) is 1.75. The van der Waals surface area contributed by atoms with Crippen molar-refractivity contribution in [3.8, 4) is 0 Å². The first-order valence-electron chi connectivity index (χ1n) is 5.54. The van der Waals surface area contributed by atoms with E-state index >= 15 is 0 Å². The molecule has 0 aliphatic carbocycles. The monoisotopic (exact) mass is 242 g/mol. The molecule has 0 unspecified atom stereocenters. The standard InChI is InChI=1S/C13H14N4O/c1-8-2-4-17-13(15)11(8)12(18)9-3-5-16-10(6-9)7-14/h2-6H,7,14H2,1H3,(H2,15,17). The van der Waals surface area contributed by atoms with Crippen molar-refractivity contribution in [1.82, 2.24) is 9.97 Å². The van der Waals surface area contributed by atoms with Gasteiger partial charge in [0, 0.05) is 24.5 Å². The number of carbonyl (C=O) groups is 1. The van der Waals surface area contributed by atoms with E-state index in [1.54, 1.807) is 30.6 Å². The van der Waals surface area contributed by atoms with Crippen LogP contribution in [0.25, 0.3) is 0 Å². The molecular weight excluding hydrogens is 228 g/mol. The molecule has 0 aliphatic heterocycles. The number of nitrogen functional groups attached to an aromatic ring is 1. The van der Waals surface area contributed by atoms with E-state index in [1.165, 1.54) is 0 Å². The Kier molecular flexibility index (Phi) is 3.34. The van der Waals surface area contributed by atoms with E-state index < -0.39 is 0 Å². The molecule has 0 aliphatic rings. The smallest absolute Gasteiger partial charge is 0.197 e. The van der Waals surface area contributed by atoms with Crippen LogP contribution in [-0.4, -0.2) is 15.8 Å². The van der Waals surface area contributed by atoms with Crippen LogP contribution >= 0.6 is 0 Å². The molecule has 5 nitrogen and oxygen atoms in total. The molecule has 0 saturated heterocycles. The van der Waals surface area contributed by atoms with Crippen LogP contribution in [0.3, 0.4) is 0 Å². The topological polar surface area (TPSA) is 94.9 Å². The fourth-order valence-electron chi connectivity index (χ4n) is 1.75. The van der Waals surface area contributed by atoms with Crippen LogP contribution in [0.1, 0.15) is 27.2 Å². The molecule has 0 bridgehead atoms. The van der Waals surface area contributed by atoms with E-state index in [-0.39, 0.29) is 11.6 Å². The third kappa shape index (κ3) is 2.21. The van der Waals surface area contributed by atoms with Crippen molar-refractivity contribution < 1.29 is 4.79 Å². The van der Waals surface area contributed by atoms with Crippen molar-refractivity contribution in [2.45, 2.75) is 13.5 Å². The highest BCUT2D eigenvalue weighted by Gasteiger charge is 2.16. The van der Waals surface area contributed by atoms with E-state index in [0.29, 0.717) is 23.4 Å². The zero-order chi connectivity index (χ0) is 13.1. The molecule has 0 spiro atoms. The summed E-state index contributed by atoms with van der Waals surface area (Å²) in [5.41, 5.74) is 13.7. The summed E-state index contributed by atoms with van der Waals surface area (Å²) >= 11 is 0. The predicted molar refractivity (Wildman–Crippen MR) is 68.9 cm³/mol. The molecule has 0 atom stereocenters. The number of aromatic nitrogens is 2. The normalized spacial score (nSPS) is 10.3. The summed E-state index contributed by atoms with van der Waals surface area (Å²) in [4.78, 5) is 20.4. The lowest BCUT2D eigenvalue weighted by Gasteiger charge is -2.07. The maximum absolute atomic E-state index is 12.4. The minimum absolute atomic E-state index is 0.157. The molecule has 0 amide bonds. The SMILES string of the molecule is Cc1ccnc(N)c1C(=O)c1ccnc(CN)c1. The molecule has 2 rings (SSSR count). The Morgan fingerprint density at radius 1 is 1.28 bits per heavy atom. The largest absolute Gasteiger partial charge is 0.383 e. The lowest BCUT2D eigenvalue weighted by molar-refractivity contribution is 0.103. The zero-order valence-electron chi connectivity index (χ0n) is 10.1. The summed E-state index contributed by atoms with van der Waals surface area (Å²) in [5, 5.41) is 0. The van der Waals surface area contributed by atoms with Crippen LogP contribution in [0.4, 0.5) is 5.82 Å². The first-order valence-corrected chi connectivity index (χ1v) is 5.54. The number of nitrogens with zero attached hydrogens (tertiary/aromatic N) is 2. The van der Waals surface area contributed by atoms with Gasteiger partial charge in [-0.25, -0.2) is 4.98 Å². The highest BCUT2D eigenvalue weighted by Crippen LogP contribution is 2.18. The second-order valence-corrected chi connectivity index (χ2v) is 3.96. The van der Waals surface area contributed by atoms with Gasteiger partial charge in [0.05, 0.1) is 11.3 Å². The molecule has 5 heteroatoms. The molecule has 2 aromatic rings. The van der Waals surface area contributed by atoms with Gasteiger partial charge in [0.1, 0.15) is 5.82 Å². The summed E-state index contributed by atoms with van der Waals surface area (Å²) in [6.45, 7) is 2.12. The van der Waals surface area contributed by atoms with E-state index in [1.807, 2.05) is 6.92 Å². The van der Waals surface area contributed by atoms with E-state index in [4.69, 9.17) is 11.5 Å². The van der Waals surface area contributed by atoms with Crippen LogP contribution < -0.4 is 11.5 Å². The Morgan fingerprint density at radius 2 is 2.00 bits per heavy atom. The molecular formula is C13H14N4O. The number of carbonyl (C=O) groups excluding carboxylic acids is 1. The zero-order valence-corrected chi connectivity index (χ0v) is 10.1. The number of anilines is 1. The van der Waals surface area contributed by atoms with Gasteiger partial charge in [-0.05, 0) is 30.7 Å². The van der Waals surface area contributed by atoms with Crippen LogP contribution in [0.2, 0.25) is 0 Å². The summed E-state index contributed by atoms with van der Waals surface area (Å²) in [6, 6.07) is 5.08. The summed E-state index contributed by atoms with van der Waals surface area (Å²) in [7, 11) is 0. The first kappa shape index (κ1) is 12.2. The van der Waals surface area contributed by atoms with Crippen LogP contribution in [0.5, 0.6) is 0 Å². The first-order chi connectivity index (χ1) is 8.63. The number of nitrogens with two attached hydrogens (primary N) is 2. The number of ketones is 1. The minimum atomic E-state index is -0.157. The number of hydrogen-bond acceptors (Lipinski definition) is 5. The van der Waals surface area contributed by atoms with Crippen molar-refractivity contribution >= 4 is 11.6 Å². The highest BCUT2D eigenvalue weighted by molar-refractivity contribution is 6.12. The Morgan fingerprint density at radius 3 is 2.67 bits per heavy atom. The van der Waals surface area contributed by atoms with Crippen molar-refractivity contribution in [1.29, 1.82) is 0 Å². The number of rotatable bonds is 3. The molecule has 92 valence electrons. The average Bonchev–Trinajstić information content (AvgIpc) is 2.38. The minimum Gasteiger partial charge on any atom is -0.383 e.